The molecule has 0 aromatic heterocycles. The molecule has 18 heavy (non-hydrogen) atoms. The smallest absolute Gasteiger partial charge is 0.309 e. The number of rotatable bonds is 3. The van der Waals surface area contributed by atoms with Crippen molar-refractivity contribution in [3.05, 3.63) is 28.2 Å². The van der Waals surface area contributed by atoms with Crippen LogP contribution in [0.1, 0.15) is 5.56 Å². The summed E-state index contributed by atoms with van der Waals surface area (Å²) in [5.41, 5.74) is 1.23. The lowest BCUT2D eigenvalue weighted by Gasteiger charge is -2.37. The molecule has 1 unspecified atom stereocenters. The lowest BCUT2D eigenvalue weighted by Crippen LogP contribution is -2.53. The van der Waals surface area contributed by atoms with Crippen LogP contribution in [0.4, 0.5) is 0 Å². The highest BCUT2D eigenvalue weighted by Gasteiger charge is 2.35. The lowest BCUT2D eigenvalue weighted by atomic mass is 9.99. The third-order valence-corrected chi connectivity index (χ3v) is 4.03. The van der Waals surface area contributed by atoms with E-state index in [0.717, 1.165) is 23.2 Å². The van der Waals surface area contributed by atoms with Crippen molar-refractivity contribution < 1.29 is 14.6 Å². The van der Waals surface area contributed by atoms with Crippen molar-refractivity contribution >= 4 is 21.9 Å². The number of ether oxygens (including phenoxy) is 1. The maximum atomic E-state index is 10.7. The zero-order valence-electron chi connectivity index (χ0n) is 9.80. The molecule has 0 aliphatic carbocycles. The Morgan fingerprint density at radius 3 is 3.00 bits per heavy atom. The van der Waals surface area contributed by atoms with Crippen LogP contribution < -0.4 is 4.74 Å². The van der Waals surface area contributed by atoms with Crippen LogP contribution in [0.3, 0.4) is 0 Å². The second-order valence-corrected chi connectivity index (χ2v) is 5.87. The number of hydrogen-bond donors (Lipinski definition) is 1. The Balaban J connectivity index is 1.54. The molecule has 1 aromatic carbocycles. The second-order valence-electron chi connectivity index (χ2n) is 4.95. The number of carbonyl (C=O) groups is 1. The van der Waals surface area contributed by atoms with Gasteiger partial charge in [-0.25, -0.2) is 0 Å². The van der Waals surface area contributed by atoms with Crippen molar-refractivity contribution in [1.82, 2.24) is 4.90 Å². The highest BCUT2D eigenvalue weighted by molar-refractivity contribution is 9.10. The normalized spacial score (nSPS) is 23.3. The van der Waals surface area contributed by atoms with Crippen LogP contribution >= 0.6 is 15.9 Å². The molecular weight excluding hydrogens is 298 g/mol. The minimum atomic E-state index is -0.689. The summed E-state index contributed by atoms with van der Waals surface area (Å²) < 4.78 is 6.92. The summed E-state index contributed by atoms with van der Waals surface area (Å²) in [4.78, 5) is 12.9. The van der Waals surface area contributed by atoms with Gasteiger partial charge in [0, 0.05) is 30.5 Å². The van der Waals surface area contributed by atoms with Crippen LogP contribution in [0.2, 0.25) is 0 Å². The number of hydrogen-bond acceptors (Lipinski definition) is 3. The molecule has 5 heteroatoms. The zero-order chi connectivity index (χ0) is 12.7. The fraction of sp³-hybridized carbons (Fsp3) is 0.462. The number of carboxylic acids is 1. The first kappa shape index (κ1) is 12.0. The molecule has 3 rings (SSSR count). The number of nitrogens with zero attached hydrogens (tertiary/aromatic N) is 1. The molecule has 0 radical (unpaired) electrons. The van der Waals surface area contributed by atoms with Crippen molar-refractivity contribution in [2.24, 2.45) is 5.92 Å². The summed E-state index contributed by atoms with van der Waals surface area (Å²) in [5, 5.41) is 8.82. The summed E-state index contributed by atoms with van der Waals surface area (Å²) in [7, 11) is 0. The molecule has 0 amide bonds. The van der Waals surface area contributed by atoms with Crippen molar-refractivity contribution in [3.8, 4) is 5.75 Å². The average Bonchev–Trinajstić information content (AvgIpc) is 2.63. The van der Waals surface area contributed by atoms with Crippen LogP contribution in [0, 0.1) is 5.92 Å². The van der Waals surface area contributed by atoms with E-state index < -0.39 is 5.97 Å². The van der Waals surface area contributed by atoms with E-state index in [1.165, 1.54) is 5.56 Å². The Morgan fingerprint density at radius 2 is 2.28 bits per heavy atom. The van der Waals surface area contributed by atoms with Gasteiger partial charge < -0.3 is 9.84 Å². The van der Waals surface area contributed by atoms with Gasteiger partial charge in [0.2, 0.25) is 0 Å². The number of likely N-dealkylation sites (tertiary alicyclic amines) is 1. The van der Waals surface area contributed by atoms with E-state index in [1.807, 2.05) is 12.1 Å². The quantitative estimate of drug-likeness (QED) is 0.924. The first-order valence-electron chi connectivity index (χ1n) is 6.02. The van der Waals surface area contributed by atoms with Gasteiger partial charge in [-0.1, -0.05) is 15.9 Å². The highest BCUT2D eigenvalue weighted by atomic mass is 79.9. The summed E-state index contributed by atoms with van der Waals surface area (Å²) in [6.45, 7) is 2.11. The van der Waals surface area contributed by atoms with Gasteiger partial charge in [0.25, 0.3) is 0 Å². The zero-order valence-corrected chi connectivity index (χ0v) is 11.4. The highest BCUT2D eigenvalue weighted by Crippen LogP contribution is 2.32. The number of fused-ring (bicyclic) bond motifs is 1. The molecule has 2 heterocycles. The maximum absolute atomic E-state index is 10.7. The molecule has 1 atom stereocenters. The van der Waals surface area contributed by atoms with Crippen molar-refractivity contribution in [3.63, 3.8) is 0 Å². The Bertz CT molecular complexity index is 485. The predicted octanol–water partition coefficient (Wildman–Crippen LogP) is 1.77. The van der Waals surface area contributed by atoms with E-state index in [0.29, 0.717) is 13.1 Å². The van der Waals surface area contributed by atoms with E-state index in [1.54, 1.807) is 0 Å². The molecule has 1 fully saturated rings. The molecule has 1 N–H and O–H groups in total. The fourth-order valence-corrected chi connectivity index (χ4v) is 2.96. The molecule has 2 aliphatic rings. The van der Waals surface area contributed by atoms with Gasteiger partial charge >= 0.3 is 5.97 Å². The number of benzene rings is 1. The maximum Gasteiger partial charge on any atom is 0.309 e. The molecule has 1 saturated heterocycles. The van der Waals surface area contributed by atoms with Gasteiger partial charge in [-0.2, -0.15) is 0 Å². The Kier molecular flexibility index (Phi) is 3.03. The van der Waals surface area contributed by atoms with Crippen LogP contribution in [0.25, 0.3) is 0 Å². The summed E-state index contributed by atoms with van der Waals surface area (Å²) in [6.07, 6.45) is 1.06. The summed E-state index contributed by atoms with van der Waals surface area (Å²) >= 11 is 3.45. The standard InChI is InChI=1S/C13H14BrNO3/c14-10-1-2-12-8(3-10)4-11(18-12)7-15-5-9(6-15)13(16)17/h1-3,9,11H,4-7H2,(H,16,17). The van der Waals surface area contributed by atoms with Crippen LogP contribution in [0.15, 0.2) is 22.7 Å². The Hall–Kier alpha value is -1.07. The van der Waals surface area contributed by atoms with Crippen LogP contribution in [-0.2, 0) is 11.2 Å². The number of aliphatic carboxylic acids is 1. The van der Waals surface area contributed by atoms with Crippen molar-refractivity contribution in [2.45, 2.75) is 12.5 Å². The SMILES string of the molecule is O=C(O)C1CN(CC2Cc3cc(Br)ccc3O2)C1. The average molecular weight is 312 g/mol. The van der Waals surface area contributed by atoms with Gasteiger partial charge in [-0.15, -0.1) is 0 Å². The fourth-order valence-electron chi connectivity index (χ4n) is 2.55. The van der Waals surface area contributed by atoms with Gasteiger partial charge in [0.05, 0.1) is 5.92 Å². The Labute approximate surface area is 114 Å². The van der Waals surface area contributed by atoms with E-state index in [2.05, 4.69) is 26.9 Å². The summed E-state index contributed by atoms with van der Waals surface area (Å²) in [5.74, 6) is 0.0761. The van der Waals surface area contributed by atoms with Gasteiger partial charge in [0.15, 0.2) is 0 Å². The minimum absolute atomic E-state index is 0.157. The molecule has 2 aliphatic heterocycles. The monoisotopic (exact) mass is 311 g/mol. The largest absolute Gasteiger partial charge is 0.488 e. The van der Waals surface area contributed by atoms with E-state index in [-0.39, 0.29) is 12.0 Å². The molecule has 1 aromatic rings. The van der Waals surface area contributed by atoms with Gasteiger partial charge in [-0.3, -0.25) is 9.69 Å². The third kappa shape index (κ3) is 2.24. The number of halogens is 1. The van der Waals surface area contributed by atoms with E-state index in [9.17, 15) is 4.79 Å². The summed E-state index contributed by atoms with van der Waals surface area (Å²) in [6, 6.07) is 6.05. The first-order chi connectivity index (χ1) is 8.61. The molecule has 0 saturated carbocycles. The molecule has 0 bridgehead atoms. The van der Waals surface area contributed by atoms with Crippen molar-refractivity contribution in [2.75, 3.05) is 19.6 Å². The third-order valence-electron chi connectivity index (χ3n) is 3.53. The topological polar surface area (TPSA) is 49.8 Å². The second kappa shape index (κ2) is 4.55. The van der Waals surface area contributed by atoms with E-state index >= 15 is 0 Å². The van der Waals surface area contributed by atoms with Crippen LogP contribution in [0.5, 0.6) is 5.75 Å². The van der Waals surface area contributed by atoms with Gasteiger partial charge in [0.1, 0.15) is 11.9 Å². The van der Waals surface area contributed by atoms with Crippen molar-refractivity contribution in [1.29, 1.82) is 0 Å². The number of carboxylic acid groups (broad SMARTS) is 1. The molecule has 96 valence electrons. The molecular formula is C13H14BrNO3. The van der Waals surface area contributed by atoms with Crippen LogP contribution in [-0.4, -0.2) is 41.7 Å². The molecule has 4 nitrogen and oxygen atoms in total. The lowest BCUT2D eigenvalue weighted by molar-refractivity contribution is -0.148. The van der Waals surface area contributed by atoms with Gasteiger partial charge in [-0.05, 0) is 23.8 Å². The first-order valence-corrected chi connectivity index (χ1v) is 6.81. The van der Waals surface area contributed by atoms with E-state index in [4.69, 9.17) is 9.84 Å². The predicted molar refractivity (Wildman–Crippen MR) is 69.8 cm³/mol. The molecule has 0 spiro atoms. The Morgan fingerprint density at radius 1 is 1.50 bits per heavy atom. The minimum Gasteiger partial charge on any atom is -0.488 e.